The highest BCUT2D eigenvalue weighted by molar-refractivity contribution is 6.30. The predicted molar refractivity (Wildman–Crippen MR) is 93.7 cm³/mol. The van der Waals surface area contributed by atoms with Crippen LogP contribution in [0.4, 0.5) is 14.5 Å². The summed E-state index contributed by atoms with van der Waals surface area (Å²) in [4.78, 5) is 25.6. The molecular formula is C18H17ClF2N2O3. The third-order valence-electron chi connectivity index (χ3n) is 3.71. The van der Waals surface area contributed by atoms with Gasteiger partial charge in [0, 0.05) is 24.3 Å². The maximum Gasteiger partial charge on any atom is 0.265 e. The molecule has 0 saturated carbocycles. The zero-order valence-electron chi connectivity index (χ0n) is 13.9. The fraction of sp³-hybridized carbons (Fsp3) is 0.222. The number of aliphatic hydroxyl groups is 1. The van der Waals surface area contributed by atoms with Crippen molar-refractivity contribution in [1.82, 2.24) is 5.32 Å². The minimum Gasteiger partial charge on any atom is -0.375 e. The van der Waals surface area contributed by atoms with E-state index in [0.717, 1.165) is 12.1 Å². The number of hydrogen-bond donors (Lipinski definition) is 2. The fourth-order valence-corrected chi connectivity index (χ4v) is 2.51. The average Bonchev–Trinajstić information content (AvgIpc) is 2.65. The summed E-state index contributed by atoms with van der Waals surface area (Å²) in [7, 11) is 0. The molecule has 0 heterocycles. The van der Waals surface area contributed by atoms with E-state index in [1.165, 1.54) is 4.90 Å². The molecule has 0 radical (unpaired) electrons. The van der Waals surface area contributed by atoms with Crippen LogP contribution in [0.15, 0.2) is 42.5 Å². The van der Waals surface area contributed by atoms with Gasteiger partial charge in [0.1, 0.15) is 11.6 Å². The Balaban J connectivity index is 2.07. The standard InChI is InChI=1S/C18H17ClF2N2O3/c1-2-23(11-6-4-3-5-7-11)18(26)16(24)17(25)22-10-12-14(20)9-8-13(19)15(12)21/h3-9,16,24H,2,10H2,1H3,(H,22,25)/t16-/m0/s1. The van der Waals surface area contributed by atoms with Gasteiger partial charge in [-0.3, -0.25) is 9.59 Å². The molecule has 0 saturated heterocycles. The van der Waals surface area contributed by atoms with Crippen LogP contribution in [0.25, 0.3) is 0 Å². The Morgan fingerprint density at radius 3 is 2.46 bits per heavy atom. The summed E-state index contributed by atoms with van der Waals surface area (Å²) < 4.78 is 27.5. The first kappa shape index (κ1) is 19.8. The summed E-state index contributed by atoms with van der Waals surface area (Å²) in [5, 5.41) is 11.8. The van der Waals surface area contributed by atoms with Gasteiger partial charge in [-0.25, -0.2) is 8.78 Å². The Hall–Kier alpha value is -2.51. The van der Waals surface area contributed by atoms with Crippen molar-refractivity contribution >= 4 is 29.1 Å². The lowest BCUT2D eigenvalue weighted by molar-refractivity contribution is -0.139. The number of aliphatic hydroxyl groups excluding tert-OH is 1. The summed E-state index contributed by atoms with van der Waals surface area (Å²) >= 11 is 5.58. The van der Waals surface area contributed by atoms with Crippen molar-refractivity contribution in [1.29, 1.82) is 0 Å². The largest absolute Gasteiger partial charge is 0.375 e. The quantitative estimate of drug-likeness (QED) is 0.596. The summed E-state index contributed by atoms with van der Waals surface area (Å²) in [6, 6.07) is 10.5. The summed E-state index contributed by atoms with van der Waals surface area (Å²) in [5.74, 6) is -3.81. The minimum absolute atomic E-state index is 0.227. The van der Waals surface area contributed by atoms with E-state index in [2.05, 4.69) is 5.32 Å². The molecule has 26 heavy (non-hydrogen) atoms. The fourth-order valence-electron chi connectivity index (χ4n) is 2.34. The van der Waals surface area contributed by atoms with Gasteiger partial charge in [0.25, 0.3) is 11.8 Å². The zero-order valence-corrected chi connectivity index (χ0v) is 14.6. The second-order valence-electron chi connectivity index (χ2n) is 5.36. The van der Waals surface area contributed by atoms with Gasteiger partial charge in [-0.15, -0.1) is 0 Å². The van der Waals surface area contributed by atoms with E-state index in [0.29, 0.717) is 5.69 Å². The maximum absolute atomic E-state index is 13.8. The van der Waals surface area contributed by atoms with Gasteiger partial charge in [-0.1, -0.05) is 29.8 Å². The molecule has 2 aromatic carbocycles. The minimum atomic E-state index is -2.01. The van der Waals surface area contributed by atoms with Crippen LogP contribution in [0.2, 0.25) is 5.02 Å². The third kappa shape index (κ3) is 4.36. The van der Waals surface area contributed by atoms with Gasteiger partial charge in [-0.2, -0.15) is 0 Å². The highest BCUT2D eigenvalue weighted by atomic mass is 35.5. The Bertz CT molecular complexity index is 803. The molecule has 1 atom stereocenters. The molecule has 0 fully saturated rings. The Morgan fingerprint density at radius 1 is 1.19 bits per heavy atom. The van der Waals surface area contributed by atoms with Gasteiger partial charge in [0.2, 0.25) is 6.10 Å². The number of hydrogen-bond acceptors (Lipinski definition) is 3. The van der Waals surface area contributed by atoms with E-state index >= 15 is 0 Å². The van der Waals surface area contributed by atoms with Gasteiger partial charge >= 0.3 is 0 Å². The van der Waals surface area contributed by atoms with Gasteiger partial charge in [0.05, 0.1) is 5.02 Å². The molecular weight excluding hydrogens is 366 g/mol. The Morgan fingerprint density at radius 2 is 1.85 bits per heavy atom. The molecule has 0 unspecified atom stereocenters. The lowest BCUT2D eigenvalue weighted by Gasteiger charge is -2.23. The van der Waals surface area contributed by atoms with Crippen LogP contribution in [0, 0.1) is 11.6 Å². The number of para-hydroxylation sites is 1. The topological polar surface area (TPSA) is 69.6 Å². The van der Waals surface area contributed by atoms with Crippen molar-refractivity contribution in [2.45, 2.75) is 19.6 Å². The number of benzene rings is 2. The van der Waals surface area contributed by atoms with Crippen LogP contribution in [-0.2, 0) is 16.1 Å². The van der Waals surface area contributed by atoms with Crippen LogP contribution in [-0.4, -0.2) is 29.6 Å². The molecule has 0 aliphatic carbocycles. The third-order valence-corrected chi connectivity index (χ3v) is 4.00. The molecule has 8 heteroatoms. The van der Waals surface area contributed by atoms with Crippen molar-refractivity contribution in [2.24, 2.45) is 0 Å². The summed E-state index contributed by atoms with van der Waals surface area (Å²) in [6.45, 7) is 1.36. The Kier molecular flexibility index (Phi) is 6.65. The number of amides is 2. The molecule has 2 rings (SSSR count). The summed E-state index contributed by atoms with van der Waals surface area (Å²) in [5.41, 5.74) is 0.0553. The number of carbonyl (C=O) groups excluding carboxylic acids is 2. The van der Waals surface area contributed by atoms with E-state index in [4.69, 9.17) is 11.6 Å². The number of nitrogens with one attached hydrogen (secondary N) is 1. The van der Waals surface area contributed by atoms with E-state index in [9.17, 15) is 23.5 Å². The van der Waals surface area contributed by atoms with E-state index in [1.54, 1.807) is 37.3 Å². The molecule has 0 spiro atoms. The number of anilines is 1. The normalized spacial score (nSPS) is 11.7. The van der Waals surface area contributed by atoms with Gasteiger partial charge in [-0.05, 0) is 31.2 Å². The first-order chi connectivity index (χ1) is 12.4. The lowest BCUT2D eigenvalue weighted by Crippen LogP contribution is -2.47. The SMILES string of the molecule is CCN(C(=O)[C@@H](O)C(=O)NCc1c(F)ccc(Cl)c1F)c1ccccc1. The molecule has 0 aliphatic rings. The van der Waals surface area contributed by atoms with E-state index < -0.39 is 41.7 Å². The lowest BCUT2D eigenvalue weighted by atomic mass is 10.2. The first-order valence-electron chi connectivity index (χ1n) is 7.81. The molecule has 0 bridgehead atoms. The monoisotopic (exact) mass is 382 g/mol. The van der Waals surface area contributed by atoms with E-state index in [1.807, 2.05) is 0 Å². The second kappa shape index (κ2) is 8.73. The molecule has 2 N–H and O–H groups in total. The number of nitrogens with zero attached hydrogens (tertiary/aromatic N) is 1. The zero-order chi connectivity index (χ0) is 19.3. The molecule has 0 aromatic heterocycles. The Labute approximate surface area is 154 Å². The number of halogens is 3. The molecule has 2 amide bonds. The van der Waals surface area contributed by atoms with E-state index in [-0.39, 0.29) is 11.6 Å². The van der Waals surface area contributed by atoms with Gasteiger partial charge in [0.15, 0.2) is 0 Å². The number of likely N-dealkylation sites (N-methyl/N-ethyl adjacent to an activating group) is 1. The van der Waals surface area contributed by atoms with Crippen LogP contribution < -0.4 is 10.2 Å². The van der Waals surface area contributed by atoms with Crippen molar-refractivity contribution < 1.29 is 23.5 Å². The van der Waals surface area contributed by atoms with Crippen molar-refractivity contribution in [3.05, 3.63) is 64.7 Å². The number of carbonyl (C=O) groups is 2. The smallest absolute Gasteiger partial charge is 0.265 e. The van der Waals surface area contributed by atoms with Crippen LogP contribution >= 0.6 is 11.6 Å². The molecule has 0 aliphatic heterocycles. The first-order valence-corrected chi connectivity index (χ1v) is 8.19. The van der Waals surface area contributed by atoms with Crippen LogP contribution in [0.5, 0.6) is 0 Å². The average molecular weight is 383 g/mol. The van der Waals surface area contributed by atoms with Gasteiger partial charge < -0.3 is 15.3 Å². The van der Waals surface area contributed by atoms with Crippen LogP contribution in [0.3, 0.4) is 0 Å². The summed E-state index contributed by atoms with van der Waals surface area (Å²) in [6.07, 6.45) is -2.01. The molecule has 2 aromatic rings. The highest BCUT2D eigenvalue weighted by Gasteiger charge is 2.29. The van der Waals surface area contributed by atoms with Crippen molar-refractivity contribution in [3.8, 4) is 0 Å². The highest BCUT2D eigenvalue weighted by Crippen LogP contribution is 2.21. The van der Waals surface area contributed by atoms with Crippen molar-refractivity contribution in [3.63, 3.8) is 0 Å². The van der Waals surface area contributed by atoms with Crippen molar-refractivity contribution in [2.75, 3.05) is 11.4 Å². The molecule has 138 valence electrons. The van der Waals surface area contributed by atoms with Crippen LogP contribution in [0.1, 0.15) is 12.5 Å². The second-order valence-corrected chi connectivity index (χ2v) is 5.77. The predicted octanol–water partition coefficient (Wildman–Crippen LogP) is 2.65. The maximum atomic E-state index is 13.8. The molecule has 5 nitrogen and oxygen atoms in total. The number of rotatable bonds is 6.